The molecule has 1 aliphatic rings. The Kier molecular flexibility index (Phi) is 7.05. The average Bonchev–Trinajstić information content (AvgIpc) is 3.10. The molecule has 2 aromatic rings. The van der Waals surface area contributed by atoms with E-state index >= 15 is 0 Å². The number of benzene rings is 1. The second kappa shape index (κ2) is 9.04. The Bertz CT molecular complexity index is 678. The van der Waals surface area contributed by atoms with Gasteiger partial charge in [0.05, 0.1) is 6.10 Å². The molecule has 136 valence electrons. The van der Waals surface area contributed by atoms with E-state index in [1.165, 1.54) is 0 Å². The lowest BCUT2D eigenvalue weighted by Gasteiger charge is -2.26. The maximum Gasteiger partial charge on any atom is 0.268 e. The van der Waals surface area contributed by atoms with Crippen molar-refractivity contribution < 1.29 is 9.90 Å². The van der Waals surface area contributed by atoms with Crippen LogP contribution in [0, 0.1) is 6.92 Å². The Hall–Kier alpha value is -1.82. The zero-order valence-electron chi connectivity index (χ0n) is 14.4. The minimum Gasteiger partial charge on any atom is -0.387 e. The van der Waals surface area contributed by atoms with Crippen molar-refractivity contribution in [3.05, 3.63) is 59.4 Å². The number of carbonyl (C=O) groups excluding carboxylic acids is 1. The molecule has 0 bridgehead atoms. The predicted octanol–water partition coefficient (Wildman–Crippen LogP) is 2.61. The first kappa shape index (κ1) is 19.5. The van der Waals surface area contributed by atoms with Gasteiger partial charge < -0.3 is 20.3 Å². The summed E-state index contributed by atoms with van der Waals surface area (Å²) >= 11 is 0. The molecule has 25 heavy (non-hydrogen) atoms. The van der Waals surface area contributed by atoms with Crippen LogP contribution in [0.25, 0.3) is 0 Å². The highest BCUT2D eigenvalue weighted by molar-refractivity contribution is 5.92. The predicted molar refractivity (Wildman–Crippen MR) is 101 cm³/mol. The van der Waals surface area contributed by atoms with Gasteiger partial charge in [0.15, 0.2) is 0 Å². The number of aliphatic hydroxyl groups is 1. The van der Waals surface area contributed by atoms with Crippen LogP contribution in [-0.2, 0) is 0 Å². The van der Waals surface area contributed by atoms with E-state index in [1.807, 2.05) is 49.5 Å². The third-order valence-corrected chi connectivity index (χ3v) is 4.63. The lowest BCUT2D eigenvalue weighted by Crippen LogP contribution is -2.33. The fourth-order valence-corrected chi connectivity index (χ4v) is 3.18. The van der Waals surface area contributed by atoms with Crippen LogP contribution in [0.4, 0.5) is 0 Å². The van der Waals surface area contributed by atoms with Gasteiger partial charge in [0.1, 0.15) is 5.69 Å². The molecule has 0 radical (unpaired) electrons. The molecule has 1 atom stereocenters. The second-order valence-corrected chi connectivity index (χ2v) is 6.42. The van der Waals surface area contributed by atoms with Gasteiger partial charge in [-0.1, -0.05) is 29.8 Å². The SMILES string of the molecule is Cc1ccc(C(O)CNC(=O)c2cccn2C2CCNCC2)cc1.Cl. The first-order chi connectivity index (χ1) is 11.6. The molecular weight excluding hydrogens is 338 g/mol. The number of hydrogen-bond acceptors (Lipinski definition) is 3. The Balaban J connectivity index is 0.00000225. The zero-order chi connectivity index (χ0) is 16.9. The summed E-state index contributed by atoms with van der Waals surface area (Å²) in [6.07, 6.45) is 3.33. The third-order valence-electron chi connectivity index (χ3n) is 4.63. The van der Waals surface area contributed by atoms with E-state index in [-0.39, 0.29) is 24.9 Å². The van der Waals surface area contributed by atoms with Gasteiger partial charge in [0.2, 0.25) is 0 Å². The highest BCUT2D eigenvalue weighted by atomic mass is 35.5. The second-order valence-electron chi connectivity index (χ2n) is 6.42. The summed E-state index contributed by atoms with van der Waals surface area (Å²) < 4.78 is 2.06. The monoisotopic (exact) mass is 363 g/mol. The molecular formula is C19H26ClN3O2. The van der Waals surface area contributed by atoms with E-state index in [0.29, 0.717) is 11.7 Å². The Morgan fingerprint density at radius 1 is 1.28 bits per heavy atom. The van der Waals surface area contributed by atoms with E-state index in [2.05, 4.69) is 15.2 Å². The van der Waals surface area contributed by atoms with Gasteiger partial charge in [-0.05, 0) is 50.6 Å². The molecule has 1 fully saturated rings. The molecule has 5 nitrogen and oxygen atoms in total. The van der Waals surface area contributed by atoms with Crippen LogP contribution < -0.4 is 10.6 Å². The molecule has 0 aliphatic carbocycles. The Labute approximate surface area is 154 Å². The number of aliphatic hydroxyl groups excluding tert-OH is 1. The molecule has 3 N–H and O–H groups in total. The number of carbonyl (C=O) groups is 1. The molecule has 1 amide bonds. The molecule has 1 aromatic heterocycles. The van der Waals surface area contributed by atoms with Crippen LogP contribution in [0.5, 0.6) is 0 Å². The van der Waals surface area contributed by atoms with E-state index in [0.717, 1.165) is 37.1 Å². The van der Waals surface area contributed by atoms with E-state index < -0.39 is 6.10 Å². The summed E-state index contributed by atoms with van der Waals surface area (Å²) in [6.45, 7) is 4.18. The van der Waals surface area contributed by atoms with Crippen molar-refractivity contribution in [2.24, 2.45) is 0 Å². The maximum absolute atomic E-state index is 12.5. The molecule has 1 unspecified atom stereocenters. The number of aryl methyl sites for hydroxylation is 1. The summed E-state index contributed by atoms with van der Waals surface area (Å²) in [5, 5.41) is 16.4. The normalized spacial score (nSPS) is 16.1. The fourth-order valence-electron chi connectivity index (χ4n) is 3.18. The van der Waals surface area contributed by atoms with Gasteiger partial charge in [-0.15, -0.1) is 12.4 Å². The largest absolute Gasteiger partial charge is 0.387 e. The van der Waals surface area contributed by atoms with Crippen molar-refractivity contribution >= 4 is 18.3 Å². The van der Waals surface area contributed by atoms with Crippen molar-refractivity contribution in [1.82, 2.24) is 15.2 Å². The number of halogens is 1. The highest BCUT2D eigenvalue weighted by Crippen LogP contribution is 2.21. The van der Waals surface area contributed by atoms with Gasteiger partial charge in [-0.25, -0.2) is 0 Å². The number of aromatic nitrogens is 1. The van der Waals surface area contributed by atoms with Crippen molar-refractivity contribution in [3.8, 4) is 0 Å². The van der Waals surface area contributed by atoms with Crippen LogP contribution in [0.15, 0.2) is 42.6 Å². The average molecular weight is 364 g/mol. The molecule has 0 spiro atoms. The first-order valence-corrected chi connectivity index (χ1v) is 8.55. The van der Waals surface area contributed by atoms with E-state index in [4.69, 9.17) is 0 Å². The number of nitrogens with one attached hydrogen (secondary N) is 2. The minimum absolute atomic E-state index is 0. The minimum atomic E-state index is -0.697. The summed E-state index contributed by atoms with van der Waals surface area (Å²) in [7, 11) is 0. The molecule has 3 rings (SSSR count). The van der Waals surface area contributed by atoms with Crippen LogP contribution in [0.3, 0.4) is 0 Å². The van der Waals surface area contributed by atoms with Crippen molar-refractivity contribution in [2.75, 3.05) is 19.6 Å². The Morgan fingerprint density at radius 3 is 2.64 bits per heavy atom. The summed E-state index contributed by atoms with van der Waals surface area (Å²) in [6, 6.07) is 11.8. The lowest BCUT2D eigenvalue weighted by molar-refractivity contribution is 0.0903. The van der Waals surface area contributed by atoms with Crippen molar-refractivity contribution in [1.29, 1.82) is 0 Å². The van der Waals surface area contributed by atoms with Gasteiger partial charge in [0, 0.05) is 18.8 Å². The smallest absolute Gasteiger partial charge is 0.268 e. The number of nitrogens with zero attached hydrogens (tertiary/aromatic N) is 1. The van der Waals surface area contributed by atoms with Crippen LogP contribution in [-0.4, -0.2) is 35.2 Å². The number of amides is 1. The zero-order valence-corrected chi connectivity index (χ0v) is 15.3. The number of rotatable bonds is 5. The summed E-state index contributed by atoms with van der Waals surface area (Å²) in [5.74, 6) is -0.135. The van der Waals surface area contributed by atoms with Crippen molar-refractivity contribution in [3.63, 3.8) is 0 Å². The van der Waals surface area contributed by atoms with Crippen LogP contribution in [0.2, 0.25) is 0 Å². The van der Waals surface area contributed by atoms with Gasteiger partial charge >= 0.3 is 0 Å². The molecule has 1 aliphatic heterocycles. The summed E-state index contributed by atoms with van der Waals surface area (Å²) in [4.78, 5) is 12.5. The Morgan fingerprint density at radius 2 is 1.96 bits per heavy atom. The highest BCUT2D eigenvalue weighted by Gasteiger charge is 2.20. The maximum atomic E-state index is 12.5. The first-order valence-electron chi connectivity index (χ1n) is 8.55. The van der Waals surface area contributed by atoms with Gasteiger partial charge in [0.25, 0.3) is 5.91 Å². The molecule has 0 saturated carbocycles. The number of piperidine rings is 1. The van der Waals surface area contributed by atoms with Crippen LogP contribution >= 0.6 is 12.4 Å². The molecule has 1 saturated heterocycles. The topological polar surface area (TPSA) is 66.3 Å². The lowest BCUT2D eigenvalue weighted by atomic mass is 10.1. The molecule has 2 heterocycles. The van der Waals surface area contributed by atoms with Gasteiger partial charge in [-0.3, -0.25) is 4.79 Å². The third kappa shape index (κ3) is 4.84. The van der Waals surface area contributed by atoms with Crippen LogP contribution in [0.1, 0.15) is 46.6 Å². The fraction of sp³-hybridized carbons (Fsp3) is 0.421. The molecule has 6 heteroatoms. The number of hydrogen-bond donors (Lipinski definition) is 3. The standard InChI is InChI=1S/C19H25N3O2.ClH/c1-14-4-6-15(7-5-14)18(23)13-21-19(24)17-3-2-12-22(17)16-8-10-20-11-9-16;/h2-7,12,16,18,20,23H,8-11,13H2,1H3,(H,21,24);1H. The van der Waals surface area contributed by atoms with Gasteiger partial charge in [-0.2, -0.15) is 0 Å². The molecule has 1 aromatic carbocycles. The quantitative estimate of drug-likeness (QED) is 0.765. The van der Waals surface area contributed by atoms with E-state index in [9.17, 15) is 9.90 Å². The van der Waals surface area contributed by atoms with E-state index in [1.54, 1.807) is 0 Å². The van der Waals surface area contributed by atoms with Crippen molar-refractivity contribution in [2.45, 2.75) is 31.9 Å². The summed E-state index contributed by atoms with van der Waals surface area (Å²) in [5.41, 5.74) is 2.63.